The molecule has 0 spiro atoms. The number of guanidine groups is 1. The van der Waals surface area contributed by atoms with Gasteiger partial charge in [0.15, 0.2) is 5.96 Å². The normalized spacial score (nSPS) is 11.4. The zero-order chi connectivity index (χ0) is 13.2. The van der Waals surface area contributed by atoms with E-state index in [0.717, 1.165) is 25.5 Å². The summed E-state index contributed by atoms with van der Waals surface area (Å²) in [6, 6.07) is 8.55. The van der Waals surface area contributed by atoms with Crippen molar-refractivity contribution in [1.82, 2.24) is 10.6 Å². The summed E-state index contributed by atoms with van der Waals surface area (Å²) in [6.07, 6.45) is 3.29. The average Bonchev–Trinajstić information content (AvgIpc) is 2.40. The molecule has 2 N–H and O–H groups in total. The van der Waals surface area contributed by atoms with Crippen LogP contribution in [0.15, 0.2) is 29.3 Å². The molecule has 0 aromatic heterocycles. The maximum Gasteiger partial charge on any atom is 0.191 e. The fourth-order valence-corrected chi connectivity index (χ4v) is 1.97. The Labute approximate surface area is 114 Å². The van der Waals surface area contributed by atoms with E-state index in [-0.39, 0.29) is 0 Å². The Kier molecular flexibility index (Phi) is 7.34. The zero-order valence-corrected chi connectivity index (χ0v) is 12.3. The maximum absolute atomic E-state index is 4.21. The first-order valence-corrected chi connectivity index (χ1v) is 7.64. The topological polar surface area (TPSA) is 36.4 Å². The van der Waals surface area contributed by atoms with Crippen LogP contribution < -0.4 is 10.6 Å². The van der Waals surface area contributed by atoms with E-state index in [1.54, 1.807) is 7.05 Å². The molecule has 0 aliphatic rings. The van der Waals surface area contributed by atoms with Gasteiger partial charge in [-0.15, -0.1) is 0 Å². The van der Waals surface area contributed by atoms with Gasteiger partial charge < -0.3 is 10.6 Å². The third kappa shape index (κ3) is 5.96. The average molecular weight is 265 g/mol. The van der Waals surface area contributed by atoms with Crippen molar-refractivity contribution in [3.8, 4) is 0 Å². The van der Waals surface area contributed by atoms with Gasteiger partial charge in [-0.25, -0.2) is 0 Å². The molecule has 1 aromatic carbocycles. The Hall–Kier alpha value is -1.16. The van der Waals surface area contributed by atoms with E-state index in [4.69, 9.17) is 0 Å². The molecule has 0 aliphatic carbocycles. The SMILES string of the molecule is CN=C(NCCCSC)NCc1ccc(C)cc1. The molecular weight excluding hydrogens is 242 g/mol. The molecule has 0 atom stereocenters. The highest BCUT2D eigenvalue weighted by Crippen LogP contribution is 2.02. The summed E-state index contributed by atoms with van der Waals surface area (Å²) in [6.45, 7) is 3.88. The van der Waals surface area contributed by atoms with Crippen molar-refractivity contribution in [2.45, 2.75) is 19.9 Å². The van der Waals surface area contributed by atoms with Crippen LogP contribution in [0.2, 0.25) is 0 Å². The van der Waals surface area contributed by atoms with Gasteiger partial charge >= 0.3 is 0 Å². The third-order valence-corrected chi connectivity index (χ3v) is 3.32. The highest BCUT2D eigenvalue weighted by molar-refractivity contribution is 7.98. The molecule has 0 amide bonds. The Morgan fingerprint density at radius 2 is 1.94 bits per heavy atom. The van der Waals surface area contributed by atoms with Gasteiger partial charge in [-0.05, 0) is 30.9 Å². The fraction of sp³-hybridized carbons (Fsp3) is 0.500. The van der Waals surface area contributed by atoms with Crippen LogP contribution in [0, 0.1) is 6.92 Å². The minimum Gasteiger partial charge on any atom is -0.356 e. The first-order valence-electron chi connectivity index (χ1n) is 6.25. The monoisotopic (exact) mass is 265 g/mol. The van der Waals surface area contributed by atoms with Crippen LogP contribution in [-0.2, 0) is 6.54 Å². The number of nitrogens with zero attached hydrogens (tertiary/aromatic N) is 1. The minimum absolute atomic E-state index is 0.808. The minimum atomic E-state index is 0.808. The van der Waals surface area contributed by atoms with E-state index >= 15 is 0 Å². The van der Waals surface area contributed by atoms with Crippen LogP contribution in [0.5, 0.6) is 0 Å². The number of aryl methyl sites for hydroxylation is 1. The summed E-state index contributed by atoms with van der Waals surface area (Å²) < 4.78 is 0. The largest absolute Gasteiger partial charge is 0.356 e. The van der Waals surface area contributed by atoms with E-state index in [2.05, 4.69) is 53.1 Å². The van der Waals surface area contributed by atoms with E-state index in [1.807, 2.05) is 11.8 Å². The number of aliphatic imine (C=N–C) groups is 1. The lowest BCUT2D eigenvalue weighted by molar-refractivity contribution is 0.786. The molecule has 1 aromatic rings. The standard InChI is InChI=1S/C14H23N3S/c1-12-5-7-13(8-6-12)11-17-14(15-2)16-9-4-10-18-3/h5-8H,4,9-11H2,1-3H3,(H2,15,16,17). The highest BCUT2D eigenvalue weighted by Gasteiger charge is 1.97. The molecular formula is C14H23N3S. The van der Waals surface area contributed by atoms with Gasteiger partial charge in [0, 0.05) is 20.1 Å². The Bertz CT molecular complexity index is 360. The van der Waals surface area contributed by atoms with Gasteiger partial charge in [-0.2, -0.15) is 11.8 Å². The Morgan fingerprint density at radius 3 is 2.56 bits per heavy atom. The molecule has 4 heteroatoms. The van der Waals surface area contributed by atoms with E-state index < -0.39 is 0 Å². The second-order valence-corrected chi connectivity index (χ2v) is 5.17. The molecule has 0 bridgehead atoms. The molecule has 0 unspecified atom stereocenters. The lowest BCUT2D eigenvalue weighted by Gasteiger charge is -2.11. The van der Waals surface area contributed by atoms with Crippen molar-refractivity contribution in [1.29, 1.82) is 0 Å². The van der Waals surface area contributed by atoms with E-state index in [0.29, 0.717) is 0 Å². The van der Waals surface area contributed by atoms with Crippen LogP contribution in [0.1, 0.15) is 17.5 Å². The number of benzene rings is 1. The lowest BCUT2D eigenvalue weighted by atomic mass is 10.1. The summed E-state index contributed by atoms with van der Waals surface area (Å²) in [5.41, 5.74) is 2.56. The predicted molar refractivity (Wildman–Crippen MR) is 82.4 cm³/mol. The molecule has 0 radical (unpaired) electrons. The van der Waals surface area contributed by atoms with E-state index in [1.165, 1.54) is 16.9 Å². The maximum atomic E-state index is 4.21. The van der Waals surface area contributed by atoms with Gasteiger partial charge in [0.05, 0.1) is 0 Å². The molecule has 1 rings (SSSR count). The number of hydrogen-bond acceptors (Lipinski definition) is 2. The predicted octanol–water partition coefficient (Wildman–Crippen LogP) is 2.41. The summed E-state index contributed by atoms with van der Waals surface area (Å²) in [4.78, 5) is 4.21. The lowest BCUT2D eigenvalue weighted by Crippen LogP contribution is -2.37. The second kappa shape index (κ2) is 8.86. The molecule has 0 aliphatic heterocycles. The van der Waals surface area contributed by atoms with Gasteiger partial charge in [-0.3, -0.25) is 4.99 Å². The summed E-state index contributed by atoms with van der Waals surface area (Å²) in [5, 5.41) is 6.63. The number of hydrogen-bond donors (Lipinski definition) is 2. The Balaban J connectivity index is 2.29. The first-order chi connectivity index (χ1) is 8.76. The number of thioether (sulfide) groups is 1. The second-order valence-electron chi connectivity index (χ2n) is 4.18. The quantitative estimate of drug-likeness (QED) is 0.471. The number of nitrogens with one attached hydrogen (secondary N) is 2. The molecule has 100 valence electrons. The van der Waals surface area contributed by atoms with Crippen molar-refractivity contribution in [3.05, 3.63) is 35.4 Å². The number of rotatable bonds is 6. The van der Waals surface area contributed by atoms with Crippen LogP contribution in [0.25, 0.3) is 0 Å². The van der Waals surface area contributed by atoms with Gasteiger partial charge in [0.25, 0.3) is 0 Å². The summed E-state index contributed by atoms with van der Waals surface area (Å²) in [5.74, 6) is 2.05. The fourth-order valence-electron chi connectivity index (χ4n) is 1.54. The molecule has 3 nitrogen and oxygen atoms in total. The third-order valence-electron chi connectivity index (χ3n) is 2.62. The molecule has 0 saturated heterocycles. The first kappa shape index (κ1) is 14.9. The van der Waals surface area contributed by atoms with Crippen molar-refractivity contribution in [3.63, 3.8) is 0 Å². The van der Waals surface area contributed by atoms with Crippen molar-refractivity contribution in [2.24, 2.45) is 4.99 Å². The van der Waals surface area contributed by atoms with Gasteiger partial charge in [0.1, 0.15) is 0 Å². The summed E-state index contributed by atoms with van der Waals surface area (Å²) >= 11 is 1.87. The summed E-state index contributed by atoms with van der Waals surface area (Å²) in [7, 11) is 1.80. The van der Waals surface area contributed by atoms with Crippen LogP contribution in [0.3, 0.4) is 0 Å². The molecule has 0 fully saturated rings. The zero-order valence-electron chi connectivity index (χ0n) is 11.5. The van der Waals surface area contributed by atoms with Crippen molar-refractivity contribution >= 4 is 17.7 Å². The highest BCUT2D eigenvalue weighted by atomic mass is 32.2. The van der Waals surface area contributed by atoms with E-state index in [9.17, 15) is 0 Å². The smallest absolute Gasteiger partial charge is 0.191 e. The van der Waals surface area contributed by atoms with Crippen LogP contribution in [0.4, 0.5) is 0 Å². The van der Waals surface area contributed by atoms with Crippen LogP contribution >= 0.6 is 11.8 Å². The van der Waals surface area contributed by atoms with Gasteiger partial charge in [-0.1, -0.05) is 29.8 Å². The van der Waals surface area contributed by atoms with Crippen molar-refractivity contribution < 1.29 is 0 Å². The molecule has 18 heavy (non-hydrogen) atoms. The van der Waals surface area contributed by atoms with Crippen molar-refractivity contribution in [2.75, 3.05) is 25.6 Å². The van der Waals surface area contributed by atoms with Crippen LogP contribution in [-0.4, -0.2) is 31.6 Å². The molecule has 0 heterocycles. The Morgan fingerprint density at radius 1 is 1.22 bits per heavy atom. The molecule has 0 saturated carbocycles. The van der Waals surface area contributed by atoms with Gasteiger partial charge in [0.2, 0.25) is 0 Å².